The van der Waals surface area contributed by atoms with Crippen LogP contribution in [0.25, 0.3) is 0 Å². The van der Waals surface area contributed by atoms with E-state index < -0.39 is 30.5 Å². The number of alkyl halides is 3. The fourth-order valence-electron chi connectivity index (χ4n) is 3.45. The summed E-state index contributed by atoms with van der Waals surface area (Å²) in [5.41, 5.74) is 5.12. The number of aryl methyl sites for hydroxylation is 1. The van der Waals surface area contributed by atoms with Crippen molar-refractivity contribution < 1.29 is 27.1 Å². The summed E-state index contributed by atoms with van der Waals surface area (Å²) in [6.45, 7) is -2.23. The third-order valence-electron chi connectivity index (χ3n) is 4.99. The highest BCUT2D eigenvalue weighted by molar-refractivity contribution is 6.09. The van der Waals surface area contributed by atoms with Crippen molar-refractivity contribution in [2.75, 3.05) is 13.7 Å². The van der Waals surface area contributed by atoms with Crippen molar-refractivity contribution in [3.8, 4) is 17.6 Å². The highest BCUT2D eigenvalue weighted by atomic mass is 19.3. The summed E-state index contributed by atoms with van der Waals surface area (Å²) >= 11 is 0. The zero-order chi connectivity index (χ0) is 22.8. The number of amides is 1. The number of hydrogen-bond donors (Lipinski definition) is 1. The normalized spacial score (nSPS) is 18.1. The Morgan fingerprint density at radius 1 is 1.23 bits per heavy atom. The highest BCUT2D eigenvalue weighted by Crippen LogP contribution is 2.41. The van der Waals surface area contributed by atoms with Crippen LogP contribution in [-0.4, -0.2) is 37.1 Å². The number of guanidine groups is 1. The van der Waals surface area contributed by atoms with Crippen LogP contribution < -0.4 is 10.5 Å². The molecule has 1 aliphatic rings. The number of aliphatic imine (C=N–C) groups is 1. The summed E-state index contributed by atoms with van der Waals surface area (Å²) in [7, 11) is 1.44. The van der Waals surface area contributed by atoms with E-state index in [0.717, 1.165) is 11.0 Å². The predicted octanol–water partition coefficient (Wildman–Crippen LogP) is 3.34. The SMILES string of the molecule is CCc1cc([C@]2(c3ccc(F)c(C#CCF)c3)N=C(N)N(C)C2=O)ccc1OC(F)F. The van der Waals surface area contributed by atoms with E-state index in [1.165, 1.54) is 37.4 Å². The summed E-state index contributed by atoms with van der Waals surface area (Å²) in [6, 6.07) is 8.06. The van der Waals surface area contributed by atoms with Crippen LogP contribution in [0, 0.1) is 17.7 Å². The number of hydrogen-bond acceptors (Lipinski definition) is 4. The van der Waals surface area contributed by atoms with Gasteiger partial charge in [-0.05, 0) is 47.4 Å². The minimum atomic E-state index is -3.01. The molecule has 5 nitrogen and oxygen atoms in total. The molecule has 1 amide bonds. The Morgan fingerprint density at radius 2 is 1.90 bits per heavy atom. The molecule has 2 aromatic rings. The summed E-state index contributed by atoms with van der Waals surface area (Å²) in [6.07, 6.45) is 0.339. The van der Waals surface area contributed by atoms with Gasteiger partial charge in [0, 0.05) is 7.05 Å². The number of ether oxygens (including phenoxy) is 1. The molecule has 0 radical (unpaired) electrons. The summed E-state index contributed by atoms with van der Waals surface area (Å²) in [5, 5.41) is 0. The van der Waals surface area contributed by atoms with E-state index in [1.807, 2.05) is 0 Å². The van der Waals surface area contributed by atoms with Crippen LogP contribution in [0.4, 0.5) is 17.6 Å². The summed E-state index contributed by atoms with van der Waals surface area (Å²) in [4.78, 5) is 18.8. The molecule has 9 heteroatoms. The zero-order valence-corrected chi connectivity index (χ0v) is 16.8. The van der Waals surface area contributed by atoms with E-state index >= 15 is 0 Å². The van der Waals surface area contributed by atoms with Gasteiger partial charge in [-0.3, -0.25) is 9.69 Å². The van der Waals surface area contributed by atoms with Crippen molar-refractivity contribution in [3.05, 3.63) is 64.5 Å². The number of halogens is 4. The van der Waals surface area contributed by atoms with Gasteiger partial charge >= 0.3 is 6.61 Å². The Morgan fingerprint density at radius 3 is 2.48 bits per heavy atom. The van der Waals surface area contributed by atoms with E-state index in [9.17, 15) is 22.4 Å². The van der Waals surface area contributed by atoms with Crippen LogP contribution in [0.2, 0.25) is 0 Å². The quantitative estimate of drug-likeness (QED) is 0.581. The van der Waals surface area contributed by atoms with E-state index in [-0.39, 0.29) is 22.8 Å². The Kier molecular flexibility index (Phi) is 6.20. The Hall–Kier alpha value is -3.54. The monoisotopic (exact) mass is 433 g/mol. The average Bonchev–Trinajstić information content (AvgIpc) is 2.98. The maximum atomic E-state index is 14.2. The molecule has 0 unspecified atom stereocenters. The van der Waals surface area contributed by atoms with Crippen molar-refractivity contribution in [1.82, 2.24) is 4.90 Å². The molecule has 2 N–H and O–H groups in total. The van der Waals surface area contributed by atoms with Crippen LogP contribution >= 0.6 is 0 Å². The topological polar surface area (TPSA) is 67.9 Å². The van der Waals surface area contributed by atoms with Crippen molar-refractivity contribution >= 4 is 11.9 Å². The van der Waals surface area contributed by atoms with E-state index in [1.54, 1.807) is 6.92 Å². The average molecular weight is 433 g/mol. The third-order valence-corrected chi connectivity index (χ3v) is 4.99. The Bertz CT molecular complexity index is 1110. The lowest BCUT2D eigenvalue weighted by Gasteiger charge is -2.27. The molecule has 1 aliphatic heterocycles. The van der Waals surface area contributed by atoms with Gasteiger partial charge < -0.3 is 10.5 Å². The lowest BCUT2D eigenvalue weighted by molar-refractivity contribution is -0.129. The first-order valence-corrected chi connectivity index (χ1v) is 9.31. The van der Waals surface area contributed by atoms with Crippen LogP contribution in [0.3, 0.4) is 0 Å². The molecule has 31 heavy (non-hydrogen) atoms. The molecule has 0 aliphatic carbocycles. The molecule has 0 aromatic heterocycles. The van der Waals surface area contributed by atoms with E-state index in [4.69, 9.17) is 5.73 Å². The Labute approximate surface area is 176 Å². The lowest BCUT2D eigenvalue weighted by Crippen LogP contribution is -2.41. The molecule has 3 rings (SSSR count). The van der Waals surface area contributed by atoms with Crippen molar-refractivity contribution in [1.29, 1.82) is 0 Å². The summed E-state index contributed by atoms with van der Waals surface area (Å²) in [5.74, 6) is 3.21. The van der Waals surface area contributed by atoms with Crippen LogP contribution in [0.15, 0.2) is 41.4 Å². The van der Waals surface area contributed by atoms with Crippen molar-refractivity contribution in [2.24, 2.45) is 10.7 Å². The zero-order valence-electron chi connectivity index (χ0n) is 16.8. The van der Waals surface area contributed by atoms with Crippen LogP contribution in [0.5, 0.6) is 5.75 Å². The molecule has 0 bridgehead atoms. The maximum Gasteiger partial charge on any atom is 0.387 e. The number of nitrogens with two attached hydrogens (primary N) is 1. The molecular formula is C22H19F4N3O2. The fourth-order valence-corrected chi connectivity index (χ4v) is 3.45. The molecule has 0 spiro atoms. The third kappa shape index (κ3) is 3.93. The molecular weight excluding hydrogens is 414 g/mol. The lowest BCUT2D eigenvalue weighted by atomic mass is 9.81. The standard InChI is InChI=1S/C22H19F4N3O2/c1-3-13-11-16(7-9-18(13)31-20(25)26)22(19(30)29(2)21(27)28-22)15-6-8-17(24)14(12-15)5-4-10-23/h6-9,11-12,20H,3,10H2,1-2H3,(H2,27,28)/t22-/m0/s1. The molecule has 0 saturated heterocycles. The van der Waals surface area contributed by atoms with Gasteiger partial charge in [0.15, 0.2) is 18.2 Å². The number of carbonyl (C=O) groups excluding carboxylic acids is 1. The number of likely N-dealkylation sites (N-methyl/N-ethyl adjacent to an activating group) is 1. The molecule has 162 valence electrons. The minimum absolute atomic E-state index is 0.0271. The predicted molar refractivity (Wildman–Crippen MR) is 107 cm³/mol. The Balaban J connectivity index is 2.26. The van der Waals surface area contributed by atoms with Gasteiger partial charge in [-0.15, -0.1) is 0 Å². The molecule has 0 fully saturated rings. The second kappa shape index (κ2) is 8.68. The summed E-state index contributed by atoms with van der Waals surface area (Å²) < 4.78 is 56.7. The molecule has 1 heterocycles. The van der Waals surface area contributed by atoms with Crippen LogP contribution in [0.1, 0.15) is 29.2 Å². The largest absolute Gasteiger partial charge is 0.435 e. The first-order chi connectivity index (χ1) is 14.7. The molecule has 2 aromatic carbocycles. The first kappa shape index (κ1) is 22.2. The van der Waals surface area contributed by atoms with Crippen molar-refractivity contribution in [2.45, 2.75) is 25.5 Å². The van der Waals surface area contributed by atoms with Crippen molar-refractivity contribution in [3.63, 3.8) is 0 Å². The van der Waals surface area contributed by atoms with Gasteiger partial charge in [-0.2, -0.15) is 8.78 Å². The molecule has 1 atom stereocenters. The van der Waals surface area contributed by atoms with Gasteiger partial charge in [0.25, 0.3) is 5.91 Å². The van der Waals surface area contributed by atoms with Gasteiger partial charge in [0.05, 0.1) is 5.56 Å². The number of carbonyl (C=O) groups is 1. The first-order valence-electron chi connectivity index (χ1n) is 9.31. The minimum Gasteiger partial charge on any atom is -0.435 e. The van der Waals surface area contributed by atoms with Gasteiger partial charge in [0.1, 0.15) is 11.6 Å². The molecule has 0 saturated carbocycles. The van der Waals surface area contributed by atoms with E-state index in [0.29, 0.717) is 17.5 Å². The number of benzene rings is 2. The number of nitrogens with zero attached hydrogens (tertiary/aromatic N) is 2. The van der Waals surface area contributed by atoms with Crippen LogP contribution in [-0.2, 0) is 16.8 Å². The highest BCUT2D eigenvalue weighted by Gasteiger charge is 2.50. The smallest absolute Gasteiger partial charge is 0.387 e. The maximum absolute atomic E-state index is 14.2. The van der Waals surface area contributed by atoms with Gasteiger partial charge in [-0.1, -0.05) is 30.9 Å². The number of rotatable bonds is 5. The second-order valence-electron chi connectivity index (χ2n) is 6.73. The van der Waals surface area contributed by atoms with Gasteiger partial charge in [0.2, 0.25) is 0 Å². The second-order valence-corrected chi connectivity index (χ2v) is 6.73. The van der Waals surface area contributed by atoms with Gasteiger partial charge in [-0.25, -0.2) is 13.8 Å². The fraction of sp³-hybridized carbons (Fsp3) is 0.273. The van der Waals surface area contributed by atoms with E-state index in [2.05, 4.69) is 21.6 Å².